The Hall–Kier alpha value is -2.25. The minimum Gasteiger partial charge on any atom is -0.370 e. The summed E-state index contributed by atoms with van der Waals surface area (Å²) < 4.78 is 5.98. The number of H-pyrrole nitrogens is 1. The van der Waals surface area contributed by atoms with Crippen LogP contribution in [0.1, 0.15) is 40.3 Å². The van der Waals surface area contributed by atoms with Crippen LogP contribution in [0.2, 0.25) is 0 Å². The first kappa shape index (κ1) is 16.2. The van der Waals surface area contributed by atoms with Crippen LogP contribution in [0.15, 0.2) is 24.4 Å². The number of likely N-dealkylation sites (tertiary alicyclic amines) is 1. The zero-order valence-corrected chi connectivity index (χ0v) is 14.2. The van der Waals surface area contributed by atoms with Gasteiger partial charge in [0, 0.05) is 31.4 Å². The van der Waals surface area contributed by atoms with Gasteiger partial charge in [0.05, 0.1) is 24.1 Å². The zero-order chi connectivity index (χ0) is 17.1. The van der Waals surface area contributed by atoms with Gasteiger partial charge in [-0.25, -0.2) is 0 Å². The highest BCUT2D eigenvalue weighted by Crippen LogP contribution is 2.21. The fourth-order valence-corrected chi connectivity index (χ4v) is 3.52. The highest BCUT2D eigenvalue weighted by molar-refractivity contribution is 5.94. The molecule has 2 aromatic heterocycles. The first-order valence-electron chi connectivity index (χ1n) is 8.89. The van der Waals surface area contributed by atoms with Gasteiger partial charge in [-0.2, -0.15) is 5.10 Å². The SMILES string of the molecule is O=C(c1n[nH]c2c1CCNC2)N1CCCC(OCc2ccccn2)C1. The van der Waals surface area contributed by atoms with E-state index in [2.05, 4.69) is 20.5 Å². The number of carbonyl (C=O) groups excluding carboxylic acids is 1. The summed E-state index contributed by atoms with van der Waals surface area (Å²) in [4.78, 5) is 19.1. The lowest BCUT2D eigenvalue weighted by Gasteiger charge is -2.32. The third kappa shape index (κ3) is 3.57. The highest BCUT2D eigenvalue weighted by atomic mass is 16.5. The molecule has 25 heavy (non-hydrogen) atoms. The van der Waals surface area contributed by atoms with Crippen LogP contribution in [0.5, 0.6) is 0 Å². The molecule has 7 heteroatoms. The van der Waals surface area contributed by atoms with Crippen LogP contribution >= 0.6 is 0 Å². The maximum Gasteiger partial charge on any atom is 0.274 e. The van der Waals surface area contributed by atoms with Gasteiger partial charge in [-0.1, -0.05) is 6.07 Å². The van der Waals surface area contributed by atoms with E-state index in [9.17, 15) is 4.79 Å². The molecule has 4 heterocycles. The largest absolute Gasteiger partial charge is 0.370 e. The molecule has 0 radical (unpaired) electrons. The van der Waals surface area contributed by atoms with Crippen molar-refractivity contribution in [1.82, 2.24) is 25.4 Å². The third-order valence-electron chi connectivity index (χ3n) is 4.87. The van der Waals surface area contributed by atoms with Crippen molar-refractivity contribution in [3.8, 4) is 0 Å². The average Bonchev–Trinajstić information content (AvgIpc) is 3.11. The normalized spacial score (nSPS) is 20.3. The van der Waals surface area contributed by atoms with Gasteiger partial charge in [-0.05, 0) is 37.9 Å². The second kappa shape index (κ2) is 7.33. The molecule has 1 fully saturated rings. The van der Waals surface area contributed by atoms with E-state index in [1.807, 2.05) is 23.1 Å². The standard InChI is InChI=1S/C18H23N5O2/c24-18(17-15-6-8-19-10-16(15)21-22-17)23-9-3-5-14(11-23)25-12-13-4-1-2-7-20-13/h1-2,4,7,14,19H,3,5-6,8-12H2,(H,21,22). The number of nitrogens with zero attached hydrogens (tertiary/aromatic N) is 3. The molecule has 1 atom stereocenters. The smallest absolute Gasteiger partial charge is 0.274 e. The second-order valence-corrected chi connectivity index (χ2v) is 6.60. The van der Waals surface area contributed by atoms with Crippen LogP contribution in [-0.4, -0.2) is 51.7 Å². The van der Waals surface area contributed by atoms with Crippen LogP contribution in [-0.2, 0) is 24.3 Å². The van der Waals surface area contributed by atoms with E-state index in [1.54, 1.807) is 6.20 Å². The molecule has 2 aromatic rings. The first-order valence-corrected chi connectivity index (χ1v) is 8.89. The van der Waals surface area contributed by atoms with E-state index < -0.39 is 0 Å². The number of nitrogens with one attached hydrogen (secondary N) is 2. The van der Waals surface area contributed by atoms with Gasteiger partial charge in [0.2, 0.25) is 0 Å². The number of ether oxygens (including phenoxy) is 1. The molecule has 1 amide bonds. The Morgan fingerprint density at radius 2 is 2.36 bits per heavy atom. The topological polar surface area (TPSA) is 83.1 Å². The number of carbonyl (C=O) groups is 1. The van der Waals surface area contributed by atoms with E-state index in [4.69, 9.17) is 4.74 Å². The summed E-state index contributed by atoms with van der Waals surface area (Å²) in [5, 5.41) is 10.6. The third-order valence-corrected chi connectivity index (χ3v) is 4.87. The minimum absolute atomic E-state index is 0.0190. The highest BCUT2D eigenvalue weighted by Gasteiger charge is 2.29. The predicted octanol–water partition coefficient (Wildman–Crippen LogP) is 1.27. The quantitative estimate of drug-likeness (QED) is 0.875. The number of amides is 1. The van der Waals surface area contributed by atoms with Crippen molar-refractivity contribution < 1.29 is 9.53 Å². The monoisotopic (exact) mass is 341 g/mol. The Labute approximate surface area is 146 Å². The van der Waals surface area contributed by atoms with E-state index in [-0.39, 0.29) is 12.0 Å². The molecule has 7 nitrogen and oxygen atoms in total. The molecular formula is C18H23N5O2. The zero-order valence-electron chi connectivity index (χ0n) is 14.2. The number of pyridine rings is 1. The number of piperidine rings is 1. The molecule has 1 unspecified atom stereocenters. The summed E-state index contributed by atoms with van der Waals surface area (Å²) in [6.07, 6.45) is 4.59. The Morgan fingerprint density at radius 3 is 3.24 bits per heavy atom. The number of fused-ring (bicyclic) bond motifs is 1. The fourth-order valence-electron chi connectivity index (χ4n) is 3.52. The summed E-state index contributed by atoms with van der Waals surface area (Å²) >= 11 is 0. The molecule has 0 bridgehead atoms. The lowest BCUT2D eigenvalue weighted by Crippen LogP contribution is -2.43. The van der Waals surface area contributed by atoms with Gasteiger partial charge >= 0.3 is 0 Å². The van der Waals surface area contributed by atoms with Gasteiger partial charge in [0.25, 0.3) is 5.91 Å². The first-order chi connectivity index (χ1) is 12.3. The second-order valence-electron chi connectivity index (χ2n) is 6.60. The van der Waals surface area contributed by atoms with Gasteiger partial charge in [-0.3, -0.25) is 14.9 Å². The number of hydrogen-bond acceptors (Lipinski definition) is 5. The van der Waals surface area contributed by atoms with Crippen molar-refractivity contribution in [3.05, 3.63) is 47.0 Å². The van der Waals surface area contributed by atoms with Crippen molar-refractivity contribution in [3.63, 3.8) is 0 Å². The van der Waals surface area contributed by atoms with E-state index in [0.717, 1.165) is 55.8 Å². The Balaban J connectivity index is 1.39. The minimum atomic E-state index is 0.0190. The van der Waals surface area contributed by atoms with E-state index >= 15 is 0 Å². The van der Waals surface area contributed by atoms with Crippen LogP contribution in [0.25, 0.3) is 0 Å². The van der Waals surface area contributed by atoms with Crippen molar-refractivity contribution >= 4 is 5.91 Å². The maximum atomic E-state index is 12.9. The summed E-state index contributed by atoms with van der Waals surface area (Å²) in [5.74, 6) is 0.0190. The van der Waals surface area contributed by atoms with Crippen molar-refractivity contribution in [2.24, 2.45) is 0 Å². The van der Waals surface area contributed by atoms with Gasteiger partial charge in [-0.15, -0.1) is 0 Å². The van der Waals surface area contributed by atoms with Crippen LogP contribution in [0.3, 0.4) is 0 Å². The van der Waals surface area contributed by atoms with Crippen LogP contribution in [0, 0.1) is 0 Å². The van der Waals surface area contributed by atoms with Crippen molar-refractivity contribution in [2.45, 2.75) is 38.5 Å². The van der Waals surface area contributed by atoms with Crippen LogP contribution in [0.4, 0.5) is 0 Å². The summed E-state index contributed by atoms with van der Waals surface area (Å²) in [6.45, 7) is 3.51. The Morgan fingerprint density at radius 1 is 1.40 bits per heavy atom. The van der Waals surface area contributed by atoms with Crippen LogP contribution < -0.4 is 5.32 Å². The molecule has 2 N–H and O–H groups in total. The summed E-state index contributed by atoms with van der Waals surface area (Å²) in [6, 6.07) is 5.80. The number of aromatic nitrogens is 3. The number of hydrogen-bond donors (Lipinski definition) is 2. The molecule has 4 rings (SSSR count). The molecule has 0 saturated carbocycles. The Bertz CT molecular complexity index is 730. The fraction of sp³-hybridized carbons (Fsp3) is 0.500. The van der Waals surface area contributed by atoms with E-state index in [1.165, 1.54) is 0 Å². The summed E-state index contributed by atoms with van der Waals surface area (Å²) in [7, 11) is 0. The summed E-state index contributed by atoms with van der Waals surface area (Å²) in [5.41, 5.74) is 3.61. The van der Waals surface area contributed by atoms with Gasteiger partial charge < -0.3 is 15.0 Å². The predicted molar refractivity (Wildman–Crippen MR) is 91.9 cm³/mol. The molecule has 0 aromatic carbocycles. The van der Waals surface area contributed by atoms with Gasteiger partial charge in [0.1, 0.15) is 0 Å². The maximum absolute atomic E-state index is 12.9. The lowest BCUT2D eigenvalue weighted by atomic mass is 10.0. The average molecular weight is 341 g/mol. The van der Waals surface area contributed by atoms with E-state index in [0.29, 0.717) is 18.8 Å². The molecule has 0 spiro atoms. The molecular weight excluding hydrogens is 318 g/mol. The van der Waals surface area contributed by atoms with Crippen molar-refractivity contribution in [2.75, 3.05) is 19.6 Å². The molecule has 0 aliphatic carbocycles. The lowest BCUT2D eigenvalue weighted by molar-refractivity contribution is -0.00804. The molecule has 132 valence electrons. The Kier molecular flexibility index (Phi) is 4.76. The molecule has 2 aliphatic heterocycles. The number of aromatic amines is 1. The van der Waals surface area contributed by atoms with Crippen molar-refractivity contribution in [1.29, 1.82) is 0 Å². The molecule has 1 saturated heterocycles. The molecule has 2 aliphatic rings. The number of rotatable bonds is 4. The van der Waals surface area contributed by atoms with Gasteiger partial charge in [0.15, 0.2) is 5.69 Å².